The number of carbonyl (C=O) groups is 2. The Bertz CT molecular complexity index is 1310. The lowest BCUT2D eigenvalue weighted by Gasteiger charge is -2.16. The van der Waals surface area contributed by atoms with Gasteiger partial charge in [0.05, 0.1) is 10.2 Å². The molecular formula is C26H25N3O2S. The molecule has 1 aromatic heterocycles. The number of carbonyl (C=O) groups excluding carboxylic acids is 2. The Morgan fingerprint density at radius 3 is 2.34 bits per heavy atom. The van der Waals surface area contributed by atoms with Gasteiger partial charge in [-0.05, 0) is 72.9 Å². The van der Waals surface area contributed by atoms with Crippen LogP contribution in [0, 0.1) is 13.8 Å². The number of aromatic nitrogens is 1. The molecule has 6 heteroatoms. The molecule has 32 heavy (non-hydrogen) atoms. The van der Waals surface area contributed by atoms with Gasteiger partial charge in [0.25, 0.3) is 0 Å². The summed E-state index contributed by atoms with van der Waals surface area (Å²) < 4.78 is 1.14. The molecule has 0 aliphatic rings. The lowest BCUT2D eigenvalue weighted by Crippen LogP contribution is -2.29. The van der Waals surface area contributed by atoms with Crippen molar-refractivity contribution >= 4 is 44.7 Å². The summed E-state index contributed by atoms with van der Waals surface area (Å²) in [6.45, 7) is 8.09. The number of fused-ring (bicyclic) bond motifs is 1. The fourth-order valence-electron chi connectivity index (χ4n) is 3.55. The van der Waals surface area contributed by atoms with Gasteiger partial charge in [-0.25, -0.2) is 4.98 Å². The first-order chi connectivity index (χ1) is 15.3. The van der Waals surface area contributed by atoms with E-state index in [0.29, 0.717) is 11.4 Å². The van der Waals surface area contributed by atoms with Crippen LogP contribution < -0.4 is 10.6 Å². The van der Waals surface area contributed by atoms with E-state index in [9.17, 15) is 9.59 Å². The van der Waals surface area contributed by atoms with E-state index in [4.69, 9.17) is 0 Å². The monoisotopic (exact) mass is 443 g/mol. The van der Waals surface area contributed by atoms with Crippen molar-refractivity contribution in [2.24, 2.45) is 0 Å². The van der Waals surface area contributed by atoms with Gasteiger partial charge in [0.2, 0.25) is 0 Å². The number of anilines is 2. The zero-order valence-corrected chi connectivity index (χ0v) is 19.3. The molecule has 0 radical (unpaired) electrons. The highest BCUT2D eigenvalue weighted by atomic mass is 32.1. The molecular weight excluding hydrogens is 418 g/mol. The Kier molecular flexibility index (Phi) is 6.06. The lowest BCUT2D eigenvalue weighted by atomic mass is 9.98. The molecule has 4 rings (SSSR count). The molecule has 0 atom stereocenters. The maximum Gasteiger partial charge on any atom is 0.314 e. The van der Waals surface area contributed by atoms with E-state index in [1.54, 1.807) is 23.5 Å². The topological polar surface area (TPSA) is 71.1 Å². The van der Waals surface area contributed by atoms with Crippen molar-refractivity contribution in [3.63, 3.8) is 0 Å². The van der Waals surface area contributed by atoms with Gasteiger partial charge in [-0.15, -0.1) is 11.3 Å². The van der Waals surface area contributed by atoms with Crippen LogP contribution in [0.2, 0.25) is 0 Å². The fraction of sp³-hybridized carbons (Fsp3) is 0.192. The largest absolute Gasteiger partial charge is 0.318 e. The Morgan fingerprint density at radius 2 is 1.62 bits per heavy atom. The van der Waals surface area contributed by atoms with Crippen molar-refractivity contribution in [1.82, 2.24) is 4.98 Å². The second-order valence-electron chi connectivity index (χ2n) is 8.17. The van der Waals surface area contributed by atoms with Gasteiger partial charge in [-0.3, -0.25) is 9.59 Å². The number of hydrogen-bond donors (Lipinski definition) is 2. The first-order valence-corrected chi connectivity index (χ1v) is 11.3. The van der Waals surface area contributed by atoms with Gasteiger partial charge >= 0.3 is 11.8 Å². The zero-order valence-electron chi connectivity index (χ0n) is 18.5. The SMILES string of the molecule is Cc1ccc2nc(-c3ccc(NC(=O)C(=O)Nc4c(C)cccc4C(C)C)cc3)sc2c1. The maximum atomic E-state index is 12.5. The molecule has 0 aliphatic carbocycles. The van der Waals surface area contributed by atoms with E-state index in [1.807, 2.05) is 43.3 Å². The van der Waals surface area contributed by atoms with Crippen LogP contribution in [0.5, 0.6) is 0 Å². The highest BCUT2D eigenvalue weighted by molar-refractivity contribution is 7.21. The average molecular weight is 444 g/mol. The fourth-order valence-corrected chi connectivity index (χ4v) is 4.62. The molecule has 2 N–H and O–H groups in total. The van der Waals surface area contributed by atoms with Crippen LogP contribution in [0.15, 0.2) is 60.7 Å². The van der Waals surface area contributed by atoms with Crippen LogP contribution in [0.3, 0.4) is 0 Å². The second kappa shape index (κ2) is 8.93. The highest BCUT2D eigenvalue weighted by Gasteiger charge is 2.18. The summed E-state index contributed by atoms with van der Waals surface area (Å²) in [7, 11) is 0. The summed E-state index contributed by atoms with van der Waals surface area (Å²) >= 11 is 1.63. The number of rotatable bonds is 4. The van der Waals surface area contributed by atoms with Crippen LogP contribution in [0.1, 0.15) is 36.5 Å². The molecule has 0 aliphatic heterocycles. The quantitative estimate of drug-likeness (QED) is 0.365. The minimum absolute atomic E-state index is 0.229. The van der Waals surface area contributed by atoms with Crippen molar-refractivity contribution in [2.75, 3.05) is 10.6 Å². The van der Waals surface area contributed by atoms with E-state index in [1.165, 1.54) is 5.56 Å². The highest BCUT2D eigenvalue weighted by Crippen LogP contribution is 2.31. The molecule has 5 nitrogen and oxygen atoms in total. The van der Waals surface area contributed by atoms with Gasteiger partial charge in [0, 0.05) is 16.9 Å². The van der Waals surface area contributed by atoms with Crippen LogP contribution in [-0.4, -0.2) is 16.8 Å². The van der Waals surface area contributed by atoms with E-state index in [-0.39, 0.29) is 5.92 Å². The number of amides is 2. The number of para-hydroxylation sites is 1. The Hall–Kier alpha value is -3.51. The van der Waals surface area contributed by atoms with Gasteiger partial charge in [0.1, 0.15) is 5.01 Å². The summed E-state index contributed by atoms with van der Waals surface area (Å²) in [5, 5.41) is 6.37. The molecule has 0 fully saturated rings. The molecule has 4 aromatic rings. The van der Waals surface area contributed by atoms with Crippen molar-refractivity contribution < 1.29 is 9.59 Å². The Morgan fingerprint density at radius 1 is 0.906 bits per heavy atom. The van der Waals surface area contributed by atoms with Gasteiger partial charge in [-0.2, -0.15) is 0 Å². The first-order valence-electron chi connectivity index (χ1n) is 10.5. The van der Waals surface area contributed by atoms with Crippen LogP contribution >= 0.6 is 11.3 Å². The molecule has 0 spiro atoms. The summed E-state index contributed by atoms with van der Waals surface area (Å²) in [6.07, 6.45) is 0. The number of hydrogen-bond acceptors (Lipinski definition) is 4. The molecule has 0 unspecified atom stereocenters. The smallest absolute Gasteiger partial charge is 0.314 e. The predicted molar refractivity (Wildman–Crippen MR) is 132 cm³/mol. The zero-order chi connectivity index (χ0) is 22.8. The standard InChI is InChI=1S/C26H25N3O2S/c1-15(2)20-7-5-6-17(4)23(20)29-25(31)24(30)27-19-11-9-18(10-12-19)26-28-21-13-8-16(3)14-22(21)32-26/h5-15H,1-4H3,(H,27,30)(H,29,31). The summed E-state index contributed by atoms with van der Waals surface area (Å²) in [4.78, 5) is 29.7. The Balaban J connectivity index is 1.46. The second-order valence-corrected chi connectivity index (χ2v) is 9.20. The molecule has 0 saturated heterocycles. The van der Waals surface area contributed by atoms with E-state index >= 15 is 0 Å². The van der Waals surface area contributed by atoms with Crippen LogP contribution in [0.25, 0.3) is 20.8 Å². The minimum Gasteiger partial charge on any atom is -0.318 e. The predicted octanol–water partition coefficient (Wildman–Crippen LogP) is 6.28. The molecule has 162 valence electrons. The van der Waals surface area contributed by atoms with Crippen molar-refractivity contribution in [2.45, 2.75) is 33.6 Å². The minimum atomic E-state index is -0.703. The molecule has 3 aromatic carbocycles. The van der Waals surface area contributed by atoms with Crippen molar-refractivity contribution in [3.05, 3.63) is 77.4 Å². The lowest BCUT2D eigenvalue weighted by molar-refractivity contribution is -0.133. The van der Waals surface area contributed by atoms with Gasteiger partial charge in [-0.1, -0.05) is 38.1 Å². The first kappa shape index (κ1) is 21.7. The summed E-state index contributed by atoms with van der Waals surface area (Å²) in [6, 6.07) is 19.4. The maximum absolute atomic E-state index is 12.5. The number of benzene rings is 3. The third-order valence-electron chi connectivity index (χ3n) is 5.31. The van der Waals surface area contributed by atoms with Crippen LogP contribution in [0.4, 0.5) is 11.4 Å². The third kappa shape index (κ3) is 4.55. The molecule has 0 saturated carbocycles. The normalized spacial score (nSPS) is 11.0. The van der Waals surface area contributed by atoms with Gasteiger partial charge in [0.15, 0.2) is 0 Å². The number of thiazole rings is 1. The van der Waals surface area contributed by atoms with Crippen molar-refractivity contribution in [3.8, 4) is 10.6 Å². The van der Waals surface area contributed by atoms with E-state index < -0.39 is 11.8 Å². The number of nitrogens with zero attached hydrogens (tertiary/aromatic N) is 1. The number of nitrogens with one attached hydrogen (secondary N) is 2. The summed E-state index contributed by atoms with van der Waals surface area (Å²) in [5.74, 6) is -1.16. The average Bonchev–Trinajstić information content (AvgIpc) is 3.18. The molecule has 0 bridgehead atoms. The van der Waals surface area contributed by atoms with Crippen LogP contribution in [-0.2, 0) is 9.59 Å². The third-order valence-corrected chi connectivity index (χ3v) is 6.37. The summed E-state index contributed by atoms with van der Waals surface area (Å²) in [5.41, 5.74) is 6.32. The van der Waals surface area contributed by atoms with E-state index in [2.05, 4.69) is 48.5 Å². The molecule has 2 amide bonds. The van der Waals surface area contributed by atoms with Crippen molar-refractivity contribution in [1.29, 1.82) is 0 Å². The Labute approximate surface area is 191 Å². The van der Waals surface area contributed by atoms with Gasteiger partial charge < -0.3 is 10.6 Å². The van der Waals surface area contributed by atoms with E-state index in [0.717, 1.165) is 31.9 Å². The number of aryl methyl sites for hydroxylation is 2. The molecule has 1 heterocycles.